The summed E-state index contributed by atoms with van der Waals surface area (Å²) in [6.07, 6.45) is 6.02. The topological polar surface area (TPSA) is 101 Å². The molecule has 2 aromatic heterocycles. The molecular weight excluding hydrogens is 372 g/mol. The number of nitrogens with zero attached hydrogens (tertiary/aromatic N) is 4. The second kappa shape index (κ2) is 6.84. The van der Waals surface area contributed by atoms with Crippen LogP contribution in [0.4, 0.5) is 11.6 Å². The number of hydrogen-bond acceptors (Lipinski definition) is 7. The molecule has 152 valence electrons. The van der Waals surface area contributed by atoms with Gasteiger partial charge >= 0.3 is 0 Å². The van der Waals surface area contributed by atoms with Crippen molar-refractivity contribution in [3.8, 4) is 0 Å². The number of nitrogens with one attached hydrogen (secondary N) is 2. The number of anilines is 2. The van der Waals surface area contributed by atoms with Gasteiger partial charge in [0, 0.05) is 36.3 Å². The highest BCUT2D eigenvalue weighted by atomic mass is 16.5. The van der Waals surface area contributed by atoms with Crippen molar-refractivity contribution in [1.29, 1.82) is 0 Å². The fourth-order valence-electron chi connectivity index (χ4n) is 3.94. The molecule has 2 atom stereocenters. The third-order valence-electron chi connectivity index (χ3n) is 5.38. The molecule has 0 spiro atoms. The third-order valence-corrected chi connectivity index (χ3v) is 5.38. The van der Waals surface area contributed by atoms with Gasteiger partial charge in [-0.3, -0.25) is 14.9 Å². The number of morpholine rings is 1. The molecule has 0 radical (unpaired) electrons. The molecule has 4 heterocycles. The van der Waals surface area contributed by atoms with Crippen LogP contribution in [0.2, 0.25) is 0 Å². The average Bonchev–Trinajstić information content (AvgIpc) is 3.29. The number of hydrogen-bond donors (Lipinski definition) is 2. The highest BCUT2D eigenvalue weighted by molar-refractivity contribution is 6.15. The Bertz CT molecular complexity index is 1010. The molecule has 0 bridgehead atoms. The second-order valence-corrected chi connectivity index (χ2v) is 8.14. The van der Waals surface area contributed by atoms with Gasteiger partial charge in [0.15, 0.2) is 5.65 Å². The van der Waals surface area contributed by atoms with E-state index in [-0.39, 0.29) is 30.4 Å². The summed E-state index contributed by atoms with van der Waals surface area (Å²) in [7, 11) is 0. The number of carbonyl (C=O) groups excluding carboxylic acids is 2. The summed E-state index contributed by atoms with van der Waals surface area (Å²) in [5.41, 5.74) is 1.82. The predicted octanol–water partition coefficient (Wildman–Crippen LogP) is 1.35. The van der Waals surface area contributed by atoms with Gasteiger partial charge < -0.3 is 15.0 Å². The number of imide groups is 1. The van der Waals surface area contributed by atoms with E-state index in [1.54, 1.807) is 16.8 Å². The summed E-state index contributed by atoms with van der Waals surface area (Å²) < 4.78 is 7.63. The summed E-state index contributed by atoms with van der Waals surface area (Å²) in [5, 5.41) is 10.3. The minimum absolute atomic E-state index is 0.0849. The van der Waals surface area contributed by atoms with E-state index in [4.69, 9.17) is 9.72 Å². The number of fused-ring (bicyclic) bond motifs is 1. The monoisotopic (exact) mass is 396 g/mol. The van der Waals surface area contributed by atoms with Crippen LogP contribution in [0.5, 0.6) is 0 Å². The first-order valence-electron chi connectivity index (χ1n) is 10.1. The lowest BCUT2D eigenvalue weighted by Crippen LogP contribution is -2.45. The van der Waals surface area contributed by atoms with Gasteiger partial charge in [0.1, 0.15) is 11.6 Å². The Balaban J connectivity index is 1.58. The van der Waals surface area contributed by atoms with Crippen LogP contribution in [0.3, 0.4) is 0 Å². The van der Waals surface area contributed by atoms with Crippen LogP contribution < -0.4 is 15.5 Å². The molecule has 2 amide bonds. The summed E-state index contributed by atoms with van der Waals surface area (Å²) in [5.74, 6) is 1.11. The molecule has 2 N–H and O–H groups in total. The molecule has 9 heteroatoms. The number of amides is 2. The van der Waals surface area contributed by atoms with Gasteiger partial charge in [-0.15, -0.1) is 0 Å². The Morgan fingerprint density at radius 3 is 2.66 bits per heavy atom. The van der Waals surface area contributed by atoms with E-state index >= 15 is 0 Å². The Morgan fingerprint density at radius 1 is 1.24 bits per heavy atom. The molecule has 1 saturated carbocycles. The summed E-state index contributed by atoms with van der Waals surface area (Å²) in [6.45, 7) is 5.65. The van der Waals surface area contributed by atoms with Gasteiger partial charge in [-0.25, -0.2) is 4.98 Å². The molecule has 3 aliphatic rings. The van der Waals surface area contributed by atoms with Crippen LogP contribution in [-0.2, 0) is 14.3 Å². The molecule has 2 aromatic rings. The highest BCUT2D eigenvalue weighted by Crippen LogP contribution is 2.30. The summed E-state index contributed by atoms with van der Waals surface area (Å²) >= 11 is 0. The number of aromatic nitrogens is 3. The Labute approximate surface area is 168 Å². The lowest BCUT2D eigenvalue weighted by Gasteiger charge is -2.36. The van der Waals surface area contributed by atoms with E-state index in [9.17, 15) is 9.59 Å². The van der Waals surface area contributed by atoms with Crippen molar-refractivity contribution in [2.24, 2.45) is 0 Å². The minimum atomic E-state index is -0.349. The first-order valence-corrected chi connectivity index (χ1v) is 10.1. The van der Waals surface area contributed by atoms with E-state index in [0.717, 1.165) is 43.1 Å². The van der Waals surface area contributed by atoms with Gasteiger partial charge in [0.25, 0.3) is 5.91 Å². The molecule has 9 nitrogen and oxygen atoms in total. The normalized spacial score (nSPS) is 26.4. The molecule has 3 fully saturated rings. The summed E-state index contributed by atoms with van der Waals surface area (Å²) in [4.78, 5) is 30.6. The molecule has 2 aliphatic heterocycles. The zero-order chi connectivity index (χ0) is 20.1. The molecule has 29 heavy (non-hydrogen) atoms. The van der Waals surface area contributed by atoms with Crippen molar-refractivity contribution in [1.82, 2.24) is 19.9 Å². The molecule has 2 saturated heterocycles. The van der Waals surface area contributed by atoms with Crippen molar-refractivity contribution < 1.29 is 14.3 Å². The van der Waals surface area contributed by atoms with E-state index in [2.05, 4.69) is 34.5 Å². The van der Waals surface area contributed by atoms with E-state index < -0.39 is 0 Å². The average molecular weight is 396 g/mol. The van der Waals surface area contributed by atoms with Gasteiger partial charge in [-0.2, -0.15) is 9.61 Å². The maximum absolute atomic E-state index is 12.0. The molecule has 5 rings (SSSR count). The van der Waals surface area contributed by atoms with Crippen LogP contribution in [0.15, 0.2) is 17.8 Å². The lowest BCUT2D eigenvalue weighted by molar-refractivity contribution is -0.124. The Hall–Kier alpha value is -2.94. The van der Waals surface area contributed by atoms with Crippen LogP contribution in [0, 0.1) is 0 Å². The quantitative estimate of drug-likeness (QED) is 0.594. The molecule has 0 aromatic carbocycles. The molecular formula is C20H24N6O3. The SMILES string of the molecule is C[C@@H]1CN(c2cc(NC3CC3)n3ncc(/C=C4\CC(=O)NC4=O)c3n2)C[C@H](C)O1. The smallest absolute Gasteiger partial charge is 0.254 e. The van der Waals surface area contributed by atoms with Crippen LogP contribution in [0.1, 0.15) is 38.7 Å². The minimum Gasteiger partial charge on any atom is -0.372 e. The Kier molecular flexibility index (Phi) is 4.27. The van der Waals surface area contributed by atoms with Crippen molar-refractivity contribution in [2.45, 2.75) is 51.4 Å². The highest BCUT2D eigenvalue weighted by Gasteiger charge is 2.28. The number of ether oxygens (including phenoxy) is 1. The van der Waals surface area contributed by atoms with Crippen LogP contribution in [0.25, 0.3) is 11.7 Å². The second-order valence-electron chi connectivity index (χ2n) is 8.14. The largest absolute Gasteiger partial charge is 0.372 e. The molecule has 1 aliphatic carbocycles. The van der Waals surface area contributed by atoms with E-state index in [0.29, 0.717) is 17.3 Å². The third kappa shape index (κ3) is 3.57. The van der Waals surface area contributed by atoms with Crippen LogP contribution in [-0.4, -0.2) is 57.8 Å². The van der Waals surface area contributed by atoms with Crippen molar-refractivity contribution in [3.63, 3.8) is 0 Å². The van der Waals surface area contributed by atoms with Crippen molar-refractivity contribution in [3.05, 3.63) is 23.4 Å². The lowest BCUT2D eigenvalue weighted by atomic mass is 10.1. The van der Waals surface area contributed by atoms with E-state index in [1.807, 2.05) is 6.07 Å². The number of rotatable bonds is 4. The summed E-state index contributed by atoms with van der Waals surface area (Å²) in [6, 6.07) is 2.49. The zero-order valence-corrected chi connectivity index (χ0v) is 16.5. The first kappa shape index (κ1) is 18.1. The fourth-order valence-corrected chi connectivity index (χ4v) is 3.94. The van der Waals surface area contributed by atoms with Gasteiger partial charge in [0.2, 0.25) is 5.91 Å². The Morgan fingerprint density at radius 2 is 2.00 bits per heavy atom. The van der Waals surface area contributed by atoms with Gasteiger partial charge in [0.05, 0.1) is 24.8 Å². The fraction of sp³-hybridized carbons (Fsp3) is 0.500. The molecule has 0 unspecified atom stereocenters. The van der Waals surface area contributed by atoms with Gasteiger partial charge in [-0.1, -0.05) is 0 Å². The predicted molar refractivity (Wildman–Crippen MR) is 108 cm³/mol. The van der Waals surface area contributed by atoms with Crippen molar-refractivity contribution >= 4 is 35.2 Å². The van der Waals surface area contributed by atoms with E-state index in [1.165, 1.54) is 0 Å². The van der Waals surface area contributed by atoms with Crippen LogP contribution >= 0.6 is 0 Å². The van der Waals surface area contributed by atoms with Crippen molar-refractivity contribution in [2.75, 3.05) is 23.3 Å². The first-order chi connectivity index (χ1) is 14.0. The maximum atomic E-state index is 12.0. The standard InChI is InChI=1S/C20H24N6O3/c1-11-9-25(10-12(2)29-11)16-7-17(22-15-3-4-15)26-19(23-16)14(8-21-26)5-13-6-18(27)24-20(13)28/h5,7-8,11-12,15,22H,3-4,6,9-10H2,1-2H3,(H,24,27,28)/b13-5+/t11-,12+. The zero-order valence-electron chi connectivity index (χ0n) is 16.5. The van der Waals surface area contributed by atoms with Gasteiger partial charge in [-0.05, 0) is 32.8 Å². The number of carbonyl (C=O) groups is 2. The maximum Gasteiger partial charge on any atom is 0.254 e.